The summed E-state index contributed by atoms with van der Waals surface area (Å²) < 4.78 is 16.9. The number of rotatable bonds is 4. The van der Waals surface area contributed by atoms with Crippen LogP contribution in [-0.2, 0) is 23.8 Å². The number of esters is 1. The maximum atomic E-state index is 12.1. The number of aliphatic hydroxyl groups excluding tert-OH is 4. The Morgan fingerprint density at radius 1 is 1.23 bits per heavy atom. The van der Waals surface area contributed by atoms with Gasteiger partial charge in [0.05, 0.1) is 18.6 Å². The normalized spacial score (nSPS) is 44.3. The first-order valence-electron chi connectivity index (χ1n) is 10.3. The number of carbonyl (C=O) groups excluding carboxylic acids is 2. The van der Waals surface area contributed by atoms with Gasteiger partial charge >= 0.3 is 5.97 Å². The van der Waals surface area contributed by atoms with Crippen LogP contribution in [-0.4, -0.2) is 82.2 Å². The van der Waals surface area contributed by atoms with E-state index in [1.807, 2.05) is 13.0 Å². The molecule has 9 atom stereocenters. The topological polar surface area (TPSA) is 143 Å². The summed E-state index contributed by atoms with van der Waals surface area (Å²) in [5.41, 5.74) is 1.30. The molecule has 2 heterocycles. The van der Waals surface area contributed by atoms with Gasteiger partial charge in [-0.15, -0.1) is 0 Å². The molecule has 3 rings (SSSR count). The quantitative estimate of drug-likeness (QED) is 0.268. The van der Waals surface area contributed by atoms with E-state index in [0.29, 0.717) is 30.4 Å². The zero-order chi connectivity index (χ0) is 22.0. The number of ether oxygens (including phenoxy) is 3. The summed E-state index contributed by atoms with van der Waals surface area (Å²) in [6.45, 7) is 3.05. The molecular formula is C21H30O9. The van der Waals surface area contributed by atoms with Crippen molar-refractivity contribution in [1.82, 2.24) is 0 Å². The molecule has 0 bridgehead atoms. The molecule has 0 aromatic rings. The van der Waals surface area contributed by atoms with Gasteiger partial charge in [-0.05, 0) is 43.4 Å². The third-order valence-electron chi connectivity index (χ3n) is 6.28. The number of carbonyl (C=O) groups is 2. The lowest BCUT2D eigenvalue weighted by atomic mass is 9.84. The molecule has 0 saturated carbocycles. The predicted octanol–water partition coefficient (Wildman–Crippen LogP) is -0.395. The molecule has 9 nitrogen and oxygen atoms in total. The Balaban J connectivity index is 1.85. The molecule has 0 amide bonds. The fraction of sp³-hybridized carbons (Fsp3) is 0.714. The molecule has 0 unspecified atom stereocenters. The van der Waals surface area contributed by atoms with Crippen LogP contribution in [0.5, 0.6) is 0 Å². The van der Waals surface area contributed by atoms with E-state index in [-0.39, 0.29) is 17.8 Å². The maximum Gasteiger partial charge on any atom is 0.309 e. The number of allylic oxidation sites excluding steroid dienone is 1. The lowest BCUT2D eigenvalue weighted by Crippen LogP contribution is -2.59. The van der Waals surface area contributed by atoms with Crippen molar-refractivity contribution >= 4 is 12.3 Å². The average molecular weight is 426 g/mol. The van der Waals surface area contributed by atoms with Gasteiger partial charge in [0.25, 0.3) is 0 Å². The van der Waals surface area contributed by atoms with Crippen LogP contribution in [0, 0.1) is 11.8 Å². The highest BCUT2D eigenvalue weighted by molar-refractivity contribution is 5.75. The van der Waals surface area contributed by atoms with Crippen molar-refractivity contribution in [3.05, 3.63) is 23.3 Å². The fourth-order valence-electron chi connectivity index (χ4n) is 4.22. The van der Waals surface area contributed by atoms with Gasteiger partial charge in [-0.1, -0.05) is 13.0 Å². The number of hydrogen-bond acceptors (Lipinski definition) is 9. The summed E-state index contributed by atoms with van der Waals surface area (Å²) >= 11 is 0. The molecule has 2 saturated heterocycles. The number of hydrogen-bond donors (Lipinski definition) is 4. The van der Waals surface area contributed by atoms with Crippen LogP contribution in [0.2, 0.25) is 0 Å². The Labute approximate surface area is 174 Å². The SMILES string of the molecule is C/C1=C\[C@H]2OC(=O)[C@@H](C)[C@@H]2CCC(C=O)=CC[C@@H]1O[C@@H]1O[C@H](CO)[C@@H](O)[C@H](O)[C@H]1O. The Bertz CT molecular complexity index is 701. The minimum absolute atomic E-state index is 0.0678. The summed E-state index contributed by atoms with van der Waals surface area (Å²) in [5, 5.41) is 39.6. The second-order valence-corrected chi connectivity index (χ2v) is 8.26. The smallest absolute Gasteiger partial charge is 0.309 e. The molecule has 9 heteroatoms. The highest BCUT2D eigenvalue weighted by atomic mass is 16.7. The molecule has 3 aliphatic rings. The first-order chi connectivity index (χ1) is 14.3. The van der Waals surface area contributed by atoms with Crippen LogP contribution in [0.15, 0.2) is 23.3 Å². The summed E-state index contributed by atoms with van der Waals surface area (Å²) in [6.07, 6.45) is -2.23. The number of aldehydes is 1. The van der Waals surface area contributed by atoms with E-state index in [1.165, 1.54) is 0 Å². The summed E-state index contributed by atoms with van der Waals surface area (Å²) in [5.74, 6) is -0.630. The van der Waals surface area contributed by atoms with Crippen molar-refractivity contribution in [2.24, 2.45) is 11.8 Å². The van der Waals surface area contributed by atoms with E-state index in [9.17, 15) is 30.0 Å². The third kappa shape index (κ3) is 4.66. The fourth-order valence-corrected chi connectivity index (χ4v) is 4.22. The Morgan fingerprint density at radius 2 is 1.97 bits per heavy atom. The minimum Gasteiger partial charge on any atom is -0.458 e. The van der Waals surface area contributed by atoms with Crippen LogP contribution in [0.25, 0.3) is 0 Å². The van der Waals surface area contributed by atoms with Gasteiger partial charge in [-0.3, -0.25) is 9.59 Å². The number of aliphatic hydroxyl groups is 4. The lowest BCUT2D eigenvalue weighted by Gasteiger charge is -2.41. The standard InChI is InChI=1S/C21H30O9/c1-10-7-15-13(11(2)20(27)28-15)5-3-12(8-22)4-6-14(10)29-21-19(26)18(25)17(24)16(9-23)30-21/h4,7-8,11,13-19,21,23-26H,3,5-6,9H2,1-2H3/b10-7+,12-4?/t11-,13-,14-,15+,16+,17+,18-,19+,21+/m0/s1. The van der Waals surface area contributed by atoms with Crippen LogP contribution < -0.4 is 0 Å². The molecular weight excluding hydrogens is 396 g/mol. The largest absolute Gasteiger partial charge is 0.458 e. The second kappa shape index (κ2) is 9.67. The molecule has 0 spiro atoms. The molecule has 2 fully saturated rings. The van der Waals surface area contributed by atoms with E-state index in [4.69, 9.17) is 14.2 Å². The van der Waals surface area contributed by atoms with Crippen molar-refractivity contribution in [2.45, 2.75) is 76.0 Å². The van der Waals surface area contributed by atoms with E-state index in [2.05, 4.69) is 0 Å². The Hall–Kier alpha value is -1.62. The van der Waals surface area contributed by atoms with E-state index >= 15 is 0 Å². The monoisotopic (exact) mass is 426 g/mol. The van der Waals surface area contributed by atoms with Crippen molar-refractivity contribution in [1.29, 1.82) is 0 Å². The maximum absolute atomic E-state index is 12.1. The molecule has 4 N–H and O–H groups in total. The van der Waals surface area contributed by atoms with Crippen molar-refractivity contribution < 1.29 is 44.2 Å². The minimum atomic E-state index is -1.55. The van der Waals surface area contributed by atoms with E-state index in [1.54, 1.807) is 13.0 Å². The van der Waals surface area contributed by atoms with Crippen LogP contribution in [0.4, 0.5) is 0 Å². The summed E-state index contributed by atoms with van der Waals surface area (Å²) in [7, 11) is 0. The van der Waals surface area contributed by atoms with Crippen LogP contribution in [0.1, 0.15) is 33.1 Å². The van der Waals surface area contributed by atoms with E-state index in [0.717, 1.165) is 6.29 Å². The van der Waals surface area contributed by atoms with Gasteiger partial charge in [-0.25, -0.2) is 0 Å². The average Bonchev–Trinajstić information content (AvgIpc) is 2.99. The van der Waals surface area contributed by atoms with Gasteiger partial charge in [-0.2, -0.15) is 0 Å². The summed E-state index contributed by atoms with van der Waals surface area (Å²) in [6, 6.07) is 0. The first kappa shape index (κ1) is 23.1. The molecule has 0 aromatic carbocycles. The highest BCUT2D eigenvalue weighted by Gasteiger charge is 2.45. The molecule has 30 heavy (non-hydrogen) atoms. The first-order valence-corrected chi connectivity index (χ1v) is 10.3. The molecule has 0 radical (unpaired) electrons. The van der Waals surface area contributed by atoms with Crippen LogP contribution in [0.3, 0.4) is 0 Å². The van der Waals surface area contributed by atoms with Crippen LogP contribution >= 0.6 is 0 Å². The van der Waals surface area contributed by atoms with Gasteiger partial charge < -0.3 is 34.6 Å². The van der Waals surface area contributed by atoms with Gasteiger partial charge in [0.15, 0.2) is 6.29 Å². The second-order valence-electron chi connectivity index (χ2n) is 8.26. The molecule has 0 aromatic heterocycles. The van der Waals surface area contributed by atoms with Crippen molar-refractivity contribution in [3.63, 3.8) is 0 Å². The lowest BCUT2D eigenvalue weighted by molar-refractivity contribution is -0.308. The summed E-state index contributed by atoms with van der Waals surface area (Å²) in [4.78, 5) is 23.6. The molecule has 2 aliphatic heterocycles. The zero-order valence-corrected chi connectivity index (χ0v) is 17.1. The number of fused-ring (bicyclic) bond motifs is 1. The molecule has 1 aliphatic carbocycles. The Morgan fingerprint density at radius 3 is 2.63 bits per heavy atom. The van der Waals surface area contributed by atoms with Gasteiger partial charge in [0.2, 0.25) is 0 Å². The third-order valence-corrected chi connectivity index (χ3v) is 6.28. The Kier molecular flexibility index (Phi) is 7.43. The van der Waals surface area contributed by atoms with Crippen molar-refractivity contribution in [2.75, 3.05) is 6.61 Å². The van der Waals surface area contributed by atoms with Gasteiger partial charge in [0, 0.05) is 5.92 Å². The van der Waals surface area contributed by atoms with Crippen molar-refractivity contribution in [3.8, 4) is 0 Å². The predicted molar refractivity (Wildman–Crippen MR) is 103 cm³/mol. The van der Waals surface area contributed by atoms with Gasteiger partial charge in [0.1, 0.15) is 36.8 Å². The highest BCUT2D eigenvalue weighted by Crippen LogP contribution is 2.36. The van der Waals surface area contributed by atoms with E-state index < -0.39 is 49.5 Å². The zero-order valence-electron chi connectivity index (χ0n) is 17.1. The molecule has 168 valence electrons.